The van der Waals surface area contributed by atoms with E-state index in [1.165, 1.54) is 38.5 Å². The van der Waals surface area contributed by atoms with Crippen LogP contribution >= 0.6 is 0 Å². The Hall–Kier alpha value is -0.300. The van der Waals surface area contributed by atoms with Crippen LogP contribution in [-0.4, -0.2) is 6.04 Å². The first-order valence-electron chi connectivity index (χ1n) is 6.10. The summed E-state index contributed by atoms with van der Waals surface area (Å²) in [5.41, 5.74) is 6.72. The van der Waals surface area contributed by atoms with Crippen LogP contribution in [0, 0.1) is 23.2 Å². The van der Waals surface area contributed by atoms with Gasteiger partial charge in [0.25, 0.3) is 0 Å². The zero-order valence-corrected chi connectivity index (χ0v) is 8.91. The fourth-order valence-electron chi connectivity index (χ4n) is 4.84. The normalized spacial score (nSPS) is 51.9. The molecule has 4 bridgehead atoms. The molecule has 0 spiro atoms. The molecule has 1 nitrogen and oxygen atoms in total. The Labute approximate surface area is 86.8 Å². The van der Waals surface area contributed by atoms with Crippen LogP contribution in [0.5, 0.6) is 0 Å². The Morgan fingerprint density at radius 3 is 1.86 bits per heavy atom. The summed E-state index contributed by atoms with van der Waals surface area (Å²) in [4.78, 5) is 0. The molecule has 1 heteroatoms. The molecule has 4 fully saturated rings. The monoisotopic (exact) mass is 191 g/mol. The highest BCUT2D eigenvalue weighted by atomic mass is 14.7. The van der Waals surface area contributed by atoms with Gasteiger partial charge < -0.3 is 5.73 Å². The minimum absolute atomic E-state index is 0.260. The molecule has 78 valence electrons. The molecular weight excluding hydrogens is 170 g/mol. The third-order valence-electron chi connectivity index (χ3n) is 5.05. The van der Waals surface area contributed by atoms with Crippen molar-refractivity contribution in [1.82, 2.24) is 0 Å². The molecule has 1 atom stereocenters. The molecular formula is C13H21N. The topological polar surface area (TPSA) is 26.0 Å². The maximum Gasteiger partial charge on any atom is 0.0278 e. The van der Waals surface area contributed by atoms with Gasteiger partial charge in [-0.3, -0.25) is 0 Å². The Morgan fingerprint density at radius 1 is 1.07 bits per heavy atom. The predicted octanol–water partition coefficient (Wildman–Crippen LogP) is 2.72. The highest BCUT2D eigenvalue weighted by molar-refractivity contribution is 5.09. The molecule has 2 N–H and O–H groups in total. The third kappa shape index (κ3) is 1.11. The highest BCUT2D eigenvalue weighted by Gasteiger charge is 2.52. The summed E-state index contributed by atoms with van der Waals surface area (Å²) in [7, 11) is 0. The van der Waals surface area contributed by atoms with Gasteiger partial charge in [-0.05, 0) is 61.7 Å². The standard InChI is InChI=1S/C13H21N/c1-2-12(14)13-6-9-3-10(7-13)5-11(4-9)8-13/h2,9-12H,1,3-8,14H2. The Morgan fingerprint density at radius 2 is 1.50 bits per heavy atom. The lowest BCUT2D eigenvalue weighted by molar-refractivity contribution is -0.0590. The van der Waals surface area contributed by atoms with Gasteiger partial charge >= 0.3 is 0 Å². The summed E-state index contributed by atoms with van der Waals surface area (Å²) < 4.78 is 0. The van der Waals surface area contributed by atoms with Gasteiger partial charge in [-0.1, -0.05) is 6.08 Å². The highest BCUT2D eigenvalue weighted by Crippen LogP contribution is 2.61. The summed E-state index contributed by atoms with van der Waals surface area (Å²) in [5.74, 6) is 3.02. The van der Waals surface area contributed by atoms with Crippen molar-refractivity contribution < 1.29 is 0 Å². The van der Waals surface area contributed by atoms with E-state index in [2.05, 4.69) is 6.58 Å². The molecule has 4 saturated carbocycles. The van der Waals surface area contributed by atoms with Crippen LogP contribution in [0.4, 0.5) is 0 Å². The lowest BCUT2D eigenvalue weighted by Gasteiger charge is -2.58. The molecule has 4 aliphatic rings. The minimum atomic E-state index is 0.260. The van der Waals surface area contributed by atoms with E-state index >= 15 is 0 Å². The van der Waals surface area contributed by atoms with E-state index in [1.54, 1.807) is 0 Å². The van der Waals surface area contributed by atoms with Crippen LogP contribution < -0.4 is 5.73 Å². The van der Waals surface area contributed by atoms with E-state index in [4.69, 9.17) is 5.73 Å². The molecule has 0 aromatic carbocycles. The van der Waals surface area contributed by atoms with Crippen LogP contribution in [0.3, 0.4) is 0 Å². The SMILES string of the molecule is C=CC(N)C12CC3CC(CC(C3)C1)C2. The fourth-order valence-corrected chi connectivity index (χ4v) is 4.84. The summed E-state index contributed by atoms with van der Waals surface area (Å²) in [6.45, 7) is 3.89. The molecule has 4 rings (SSSR count). The number of nitrogens with two attached hydrogens (primary N) is 1. The fraction of sp³-hybridized carbons (Fsp3) is 0.846. The van der Waals surface area contributed by atoms with E-state index in [9.17, 15) is 0 Å². The maximum absolute atomic E-state index is 6.25. The zero-order valence-electron chi connectivity index (χ0n) is 8.91. The lowest BCUT2D eigenvalue weighted by Crippen LogP contribution is -2.53. The van der Waals surface area contributed by atoms with Gasteiger partial charge in [0.15, 0.2) is 0 Å². The van der Waals surface area contributed by atoms with Gasteiger partial charge in [-0.25, -0.2) is 0 Å². The molecule has 0 aromatic rings. The average Bonchev–Trinajstić information content (AvgIpc) is 2.14. The van der Waals surface area contributed by atoms with Gasteiger partial charge in [0, 0.05) is 6.04 Å². The van der Waals surface area contributed by atoms with Crippen LogP contribution in [0.1, 0.15) is 38.5 Å². The van der Waals surface area contributed by atoms with Crippen molar-refractivity contribution in [2.45, 2.75) is 44.6 Å². The molecule has 0 radical (unpaired) electrons. The molecule has 0 amide bonds. The van der Waals surface area contributed by atoms with Crippen molar-refractivity contribution >= 4 is 0 Å². The minimum Gasteiger partial charge on any atom is -0.324 e. The lowest BCUT2D eigenvalue weighted by atomic mass is 9.48. The van der Waals surface area contributed by atoms with Crippen molar-refractivity contribution in [3.8, 4) is 0 Å². The predicted molar refractivity (Wildman–Crippen MR) is 58.8 cm³/mol. The maximum atomic E-state index is 6.25. The second kappa shape index (κ2) is 2.85. The van der Waals surface area contributed by atoms with Crippen molar-refractivity contribution in [3.05, 3.63) is 12.7 Å². The molecule has 1 unspecified atom stereocenters. The van der Waals surface area contributed by atoms with Gasteiger partial charge in [-0.2, -0.15) is 0 Å². The third-order valence-corrected chi connectivity index (χ3v) is 5.05. The molecule has 14 heavy (non-hydrogen) atoms. The van der Waals surface area contributed by atoms with Crippen LogP contribution in [0.15, 0.2) is 12.7 Å². The quantitative estimate of drug-likeness (QED) is 0.667. The van der Waals surface area contributed by atoms with Crippen molar-refractivity contribution in [3.63, 3.8) is 0 Å². The van der Waals surface area contributed by atoms with E-state index < -0.39 is 0 Å². The van der Waals surface area contributed by atoms with E-state index in [0.717, 1.165) is 17.8 Å². The Balaban J connectivity index is 1.90. The van der Waals surface area contributed by atoms with Gasteiger partial charge in [0.05, 0.1) is 0 Å². The van der Waals surface area contributed by atoms with Crippen molar-refractivity contribution in [2.24, 2.45) is 28.9 Å². The van der Waals surface area contributed by atoms with Crippen LogP contribution in [-0.2, 0) is 0 Å². The van der Waals surface area contributed by atoms with Crippen LogP contribution in [0.25, 0.3) is 0 Å². The first-order chi connectivity index (χ1) is 6.72. The zero-order chi connectivity index (χ0) is 9.76. The molecule has 0 saturated heterocycles. The smallest absolute Gasteiger partial charge is 0.0278 e. The van der Waals surface area contributed by atoms with E-state index in [1.807, 2.05) is 6.08 Å². The summed E-state index contributed by atoms with van der Waals surface area (Å²) in [6, 6.07) is 0.260. The number of hydrogen-bond donors (Lipinski definition) is 1. The first kappa shape index (κ1) is 8.96. The molecule has 4 aliphatic carbocycles. The van der Waals surface area contributed by atoms with Crippen molar-refractivity contribution in [2.75, 3.05) is 0 Å². The first-order valence-corrected chi connectivity index (χ1v) is 6.10. The van der Waals surface area contributed by atoms with E-state index in [-0.39, 0.29) is 6.04 Å². The van der Waals surface area contributed by atoms with Crippen molar-refractivity contribution in [1.29, 1.82) is 0 Å². The summed E-state index contributed by atoms with van der Waals surface area (Å²) in [6.07, 6.45) is 10.7. The summed E-state index contributed by atoms with van der Waals surface area (Å²) >= 11 is 0. The number of rotatable bonds is 2. The number of hydrogen-bond acceptors (Lipinski definition) is 1. The largest absolute Gasteiger partial charge is 0.324 e. The second-order valence-electron chi connectivity index (χ2n) is 6.04. The van der Waals surface area contributed by atoms with Gasteiger partial charge in [0.1, 0.15) is 0 Å². The molecule has 0 heterocycles. The Bertz CT molecular complexity index is 221. The second-order valence-corrected chi connectivity index (χ2v) is 6.04. The average molecular weight is 191 g/mol. The van der Waals surface area contributed by atoms with Gasteiger partial charge in [0.2, 0.25) is 0 Å². The molecule has 0 aliphatic heterocycles. The summed E-state index contributed by atoms with van der Waals surface area (Å²) in [5, 5.41) is 0. The Kier molecular flexibility index (Phi) is 1.82. The molecule has 0 aromatic heterocycles. The van der Waals surface area contributed by atoms with Crippen LogP contribution in [0.2, 0.25) is 0 Å². The van der Waals surface area contributed by atoms with Gasteiger partial charge in [-0.15, -0.1) is 6.58 Å². The van der Waals surface area contributed by atoms with E-state index in [0.29, 0.717) is 5.41 Å².